The molecule has 116 valence electrons. The summed E-state index contributed by atoms with van der Waals surface area (Å²) in [6.07, 6.45) is -0.216. The molecule has 1 N–H and O–H groups in total. The van der Waals surface area contributed by atoms with E-state index in [2.05, 4.69) is 25.2 Å². The van der Waals surface area contributed by atoms with Gasteiger partial charge in [-0.15, -0.1) is 0 Å². The Labute approximate surface area is 126 Å². The van der Waals surface area contributed by atoms with Crippen LogP contribution in [0.2, 0.25) is 0 Å². The number of hydrogen-bond acceptors (Lipinski definition) is 4. The van der Waals surface area contributed by atoms with E-state index in [0.717, 1.165) is 11.3 Å². The van der Waals surface area contributed by atoms with Gasteiger partial charge in [0.15, 0.2) is 6.29 Å². The maximum atomic E-state index is 5.97. The summed E-state index contributed by atoms with van der Waals surface area (Å²) in [4.78, 5) is 0. The largest absolute Gasteiger partial charge is 0.459 e. The SMILES string of the molecule is CCOC(CNC(C)c1oc2ccccc2c1C)OCC. The van der Waals surface area contributed by atoms with Gasteiger partial charge >= 0.3 is 0 Å². The average Bonchev–Trinajstić information content (AvgIpc) is 2.83. The molecule has 0 aliphatic heterocycles. The Hall–Kier alpha value is -1.36. The van der Waals surface area contributed by atoms with Crippen LogP contribution < -0.4 is 5.32 Å². The fourth-order valence-electron chi connectivity index (χ4n) is 2.51. The van der Waals surface area contributed by atoms with Gasteiger partial charge in [-0.1, -0.05) is 18.2 Å². The average molecular weight is 291 g/mol. The molecule has 0 saturated heterocycles. The topological polar surface area (TPSA) is 43.6 Å². The Morgan fingerprint density at radius 2 is 1.81 bits per heavy atom. The molecule has 4 nitrogen and oxygen atoms in total. The van der Waals surface area contributed by atoms with Gasteiger partial charge in [0, 0.05) is 25.1 Å². The number of ether oxygens (including phenoxy) is 2. The van der Waals surface area contributed by atoms with Crippen LogP contribution in [-0.4, -0.2) is 26.0 Å². The molecular weight excluding hydrogens is 266 g/mol. The van der Waals surface area contributed by atoms with Crippen molar-refractivity contribution in [3.05, 3.63) is 35.6 Å². The molecule has 0 aliphatic rings. The summed E-state index contributed by atoms with van der Waals surface area (Å²) in [5, 5.41) is 4.60. The third-order valence-corrected chi connectivity index (χ3v) is 3.57. The molecule has 0 amide bonds. The molecule has 21 heavy (non-hydrogen) atoms. The van der Waals surface area contributed by atoms with Crippen LogP contribution in [0.5, 0.6) is 0 Å². The van der Waals surface area contributed by atoms with Crippen molar-refractivity contribution in [3.63, 3.8) is 0 Å². The lowest BCUT2D eigenvalue weighted by Crippen LogP contribution is -2.33. The van der Waals surface area contributed by atoms with Gasteiger partial charge in [-0.3, -0.25) is 0 Å². The summed E-state index contributed by atoms with van der Waals surface area (Å²) < 4.78 is 17.1. The van der Waals surface area contributed by atoms with Crippen molar-refractivity contribution >= 4 is 11.0 Å². The summed E-state index contributed by atoms with van der Waals surface area (Å²) in [7, 11) is 0. The lowest BCUT2D eigenvalue weighted by atomic mass is 10.1. The van der Waals surface area contributed by atoms with Crippen molar-refractivity contribution < 1.29 is 13.9 Å². The van der Waals surface area contributed by atoms with Gasteiger partial charge in [-0.25, -0.2) is 0 Å². The van der Waals surface area contributed by atoms with Gasteiger partial charge in [0.05, 0.1) is 6.04 Å². The van der Waals surface area contributed by atoms with Crippen LogP contribution in [0.3, 0.4) is 0 Å². The zero-order valence-corrected chi connectivity index (χ0v) is 13.3. The zero-order chi connectivity index (χ0) is 15.2. The van der Waals surface area contributed by atoms with E-state index in [-0.39, 0.29) is 12.3 Å². The third-order valence-electron chi connectivity index (χ3n) is 3.57. The van der Waals surface area contributed by atoms with Gasteiger partial charge in [-0.2, -0.15) is 0 Å². The summed E-state index contributed by atoms with van der Waals surface area (Å²) in [5.74, 6) is 0.975. The minimum absolute atomic E-state index is 0.112. The fourth-order valence-corrected chi connectivity index (χ4v) is 2.51. The van der Waals surface area contributed by atoms with E-state index in [9.17, 15) is 0 Å². The highest BCUT2D eigenvalue weighted by molar-refractivity contribution is 5.82. The van der Waals surface area contributed by atoms with Crippen LogP contribution in [0.25, 0.3) is 11.0 Å². The number of aryl methyl sites for hydroxylation is 1. The highest BCUT2D eigenvalue weighted by Crippen LogP contribution is 2.29. The van der Waals surface area contributed by atoms with Crippen LogP contribution in [0.4, 0.5) is 0 Å². The van der Waals surface area contributed by atoms with Crippen LogP contribution in [0, 0.1) is 6.92 Å². The zero-order valence-electron chi connectivity index (χ0n) is 13.3. The molecular formula is C17H25NO3. The molecule has 0 aliphatic carbocycles. The number of hydrogen-bond donors (Lipinski definition) is 1. The Morgan fingerprint density at radius 1 is 1.14 bits per heavy atom. The monoisotopic (exact) mass is 291 g/mol. The number of benzene rings is 1. The fraction of sp³-hybridized carbons (Fsp3) is 0.529. The second-order valence-corrected chi connectivity index (χ2v) is 5.06. The molecule has 1 atom stereocenters. The van der Waals surface area contributed by atoms with Gasteiger partial charge in [0.25, 0.3) is 0 Å². The van der Waals surface area contributed by atoms with Crippen LogP contribution in [0.15, 0.2) is 28.7 Å². The van der Waals surface area contributed by atoms with E-state index < -0.39 is 0 Å². The van der Waals surface area contributed by atoms with Crippen molar-refractivity contribution in [2.45, 2.75) is 40.0 Å². The first-order chi connectivity index (χ1) is 10.2. The van der Waals surface area contributed by atoms with Crippen molar-refractivity contribution in [3.8, 4) is 0 Å². The van der Waals surface area contributed by atoms with Crippen LogP contribution >= 0.6 is 0 Å². The van der Waals surface area contributed by atoms with E-state index in [1.807, 2.05) is 32.0 Å². The first-order valence-corrected chi connectivity index (χ1v) is 7.62. The molecule has 4 heteroatoms. The highest BCUT2D eigenvalue weighted by Gasteiger charge is 2.17. The van der Waals surface area contributed by atoms with Crippen molar-refractivity contribution in [1.29, 1.82) is 0 Å². The van der Waals surface area contributed by atoms with Gasteiger partial charge < -0.3 is 19.2 Å². The molecule has 0 fully saturated rings. The summed E-state index contributed by atoms with van der Waals surface area (Å²) in [6, 6.07) is 8.23. The standard InChI is InChI=1S/C17H25NO3/c1-5-19-16(20-6-2)11-18-13(4)17-12(3)14-9-7-8-10-15(14)21-17/h7-10,13,16,18H,5-6,11H2,1-4H3. The molecule has 0 saturated carbocycles. The summed E-state index contributed by atoms with van der Waals surface area (Å²) in [6.45, 7) is 10.1. The second kappa shape index (κ2) is 7.59. The summed E-state index contributed by atoms with van der Waals surface area (Å²) >= 11 is 0. The number of para-hydroxylation sites is 1. The lowest BCUT2D eigenvalue weighted by Gasteiger charge is -2.20. The Morgan fingerprint density at radius 3 is 2.43 bits per heavy atom. The first-order valence-electron chi connectivity index (χ1n) is 7.62. The molecule has 0 bridgehead atoms. The molecule has 1 aromatic carbocycles. The van der Waals surface area contributed by atoms with E-state index in [1.165, 1.54) is 10.9 Å². The van der Waals surface area contributed by atoms with Crippen LogP contribution in [0.1, 0.15) is 38.1 Å². The predicted octanol–water partition coefficient (Wildman–Crippen LogP) is 3.79. The van der Waals surface area contributed by atoms with Gasteiger partial charge in [0.1, 0.15) is 11.3 Å². The van der Waals surface area contributed by atoms with E-state index >= 15 is 0 Å². The Balaban J connectivity index is 2.04. The lowest BCUT2D eigenvalue weighted by molar-refractivity contribution is -0.133. The van der Waals surface area contributed by atoms with Crippen molar-refractivity contribution in [1.82, 2.24) is 5.32 Å². The molecule has 2 aromatic rings. The summed E-state index contributed by atoms with van der Waals surface area (Å²) in [5.41, 5.74) is 2.12. The normalized spacial score (nSPS) is 13.2. The Kier molecular flexibility index (Phi) is 5.79. The van der Waals surface area contributed by atoms with Crippen molar-refractivity contribution in [2.75, 3.05) is 19.8 Å². The minimum Gasteiger partial charge on any atom is -0.459 e. The Bertz CT molecular complexity index is 558. The molecule has 0 radical (unpaired) electrons. The number of rotatable bonds is 8. The predicted molar refractivity (Wildman–Crippen MR) is 84.4 cm³/mol. The van der Waals surface area contributed by atoms with E-state index in [1.54, 1.807) is 0 Å². The number of nitrogens with one attached hydrogen (secondary N) is 1. The van der Waals surface area contributed by atoms with Gasteiger partial charge in [-0.05, 0) is 39.3 Å². The quantitative estimate of drug-likeness (QED) is 0.751. The second-order valence-electron chi connectivity index (χ2n) is 5.06. The minimum atomic E-state index is -0.216. The number of fused-ring (bicyclic) bond motifs is 1. The van der Waals surface area contributed by atoms with E-state index in [4.69, 9.17) is 13.9 Å². The van der Waals surface area contributed by atoms with Gasteiger partial charge in [0.2, 0.25) is 0 Å². The third kappa shape index (κ3) is 3.84. The smallest absolute Gasteiger partial charge is 0.169 e. The van der Waals surface area contributed by atoms with Crippen molar-refractivity contribution in [2.24, 2.45) is 0 Å². The first kappa shape index (κ1) is 16.0. The maximum absolute atomic E-state index is 5.97. The molecule has 1 unspecified atom stereocenters. The molecule has 1 aromatic heterocycles. The van der Waals surface area contributed by atoms with E-state index in [0.29, 0.717) is 19.8 Å². The maximum Gasteiger partial charge on any atom is 0.169 e. The van der Waals surface area contributed by atoms with Crippen LogP contribution in [-0.2, 0) is 9.47 Å². The molecule has 0 spiro atoms. The molecule has 2 rings (SSSR count). The highest BCUT2D eigenvalue weighted by atomic mass is 16.7. The molecule has 1 heterocycles. The number of furan rings is 1.